The van der Waals surface area contributed by atoms with Gasteiger partial charge in [0.15, 0.2) is 0 Å². The fraction of sp³-hybridized carbons (Fsp3) is 0.833. The first-order valence-electron chi connectivity index (χ1n) is 6.10. The predicted molar refractivity (Wildman–Crippen MR) is 66.4 cm³/mol. The third-order valence-electron chi connectivity index (χ3n) is 2.73. The minimum atomic E-state index is 0.383. The number of hydrogen-bond acceptors (Lipinski definition) is 3. The zero-order chi connectivity index (χ0) is 12.1. The summed E-state index contributed by atoms with van der Waals surface area (Å²) >= 11 is 0. The molecule has 1 unspecified atom stereocenters. The normalized spacial score (nSPS) is 13.7. The van der Waals surface area contributed by atoms with Crippen molar-refractivity contribution < 1.29 is 0 Å². The Morgan fingerprint density at radius 1 is 1.31 bits per heavy atom. The number of nitrogens with one attached hydrogen (secondary N) is 1. The van der Waals surface area contributed by atoms with Crippen LogP contribution in [0, 0.1) is 5.92 Å². The number of likely N-dealkylation sites (N-methyl/N-ethyl adjacent to an activating group) is 1. The number of hydrogen-bond donors (Lipinski definition) is 1. The fourth-order valence-corrected chi connectivity index (χ4v) is 1.94. The van der Waals surface area contributed by atoms with E-state index in [-0.39, 0.29) is 0 Å². The van der Waals surface area contributed by atoms with Crippen LogP contribution in [0.5, 0.6) is 0 Å². The molecule has 4 nitrogen and oxygen atoms in total. The Labute approximate surface area is 98.5 Å². The second-order valence-corrected chi connectivity index (χ2v) is 5.03. The Morgan fingerprint density at radius 2 is 2.00 bits per heavy atom. The molecule has 0 aliphatic carbocycles. The quantitative estimate of drug-likeness (QED) is 0.804. The van der Waals surface area contributed by atoms with Gasteiger partial charge >= 0.3 is 0 Å². The van der Waals surface area contributed by atoms with Crippen molar-refractivity contribution in [1.82, 2.24) is 20.1 Å². The second-order valence-electron chi connectivity index (χ2n) is 5.03. The molecule has 0 aliphatic heterocycles. The smallest absolute Gasteiger partial charge is 0.138 e. The second kappa shape index (κ2) is 5.99. The van der Waals surface area contributed by atoms with E-state index in [0.29, 0.717) is 18.0 Å². The van der Waals surface area contributed by atoms with Gasteiger partial charge in [0.1, 0.15) is 12.2 Å². The first kappa shape index (κ1) is 13.2. The lowest BCUT2D eigenvalue weighted by atomic mass is 10.0. The van der Waals surface area contributed by atoms with E-state index in [4.69, 9.17) is 0 Å². The van der Waals surface area contributed by atoms with Gasteiger partial charge in [0.25, 0.3) is 0 Å². The molecule has 1 rings (SSSR count). The van der Waals surface area contributed by atoms with Crippen LogP contribution in [0.3, 0.4) is 0 Å². The summed E-state index contributed by atoms with van der Waals surface area (Å²) in [5.74, 6) is 1.78. The topological polar surface area (TPSA) is 42.7 Å². The van der Waals surface area contributed by atoms with Crippen molar-refractivity contribution in [3.05, 3.63) is 12.2 Å². The van der Waals surface area contributed by atoms with Crippen LogP contribution < -0.4 is 5.32 Å². The summed E-state index contributed by atoms with van der Waals surface area (Å²) in [4.78, 5) is 4.34. The third kappa shape index (κ3) is 3.59. The monoisotopic (exact) mass is 224 g/mol. The highest BCUT2D eigenvalue weighted by Gasteiger charge is 2.14. The maximum absolute atomic E-state index is 4.34. The highest BCUT2D eigenvalue weighted by Crippen LogP contribution is 2.11. The van der Waals surface area contributed by atoms with Crippen LogP contribution in [0.2, 0.25) is 0 Å². The molecule has 1 aromatic heterocycles. The van der Waals surface area contributed by atoms with E-state index in [9.17, 15) is 0 Å². The van der Waals surface area contributed by atoms with Gasteiger partial charge < -0.3 is 5.32 Å². The van der Waals surface area contributed by atoms with Gasteiger partial charge in [-0.3, -0.25) is 0 Å². The predicted octanol–water partition coefficient (Wildman–Crippen LogP) is 2.04. The zero-order valence-corrected chi connectivity index (χ0v) is 11.1. The molecule has 92 valence electrons. The van der Waals surface area contributed by atoms with Crippen LogP contribution in [0.15, 0.2) is 6.33 Å². The van der Waals surface area contributed by atoms with Gasteiger partial charge in [-0.1, -0.05) is 13.8 Å². The summed E-state index contributed by atoms with van der Waals surface area (Å²) in [5.41, 5.74) is 0. The lowest BCUT2D eigenvalue weighted by molar-refractivity contribution is 0.415. The molecule has 1 N–H and O–H groups in total. The van der Waals surface area contributed by atoms with Gasteiger partial charge in [-0.25, -0.2) is 9.67 Å². The molecule has 0 fully saturated rings. The van der Waals surface area contributed by atoms with Crippen LogP contribution in [-0.4, -0.2) is 27.9 Å². The Balaban J connectivity index is 2.66. The van der Waals surface area contributed by atoms with Gasteiger partial charge in [0.2, 0.25) is 0 Å². The maximum Gasteiger partial charge on any atom is 0.138 e. The number of nitrogens with zero attached hydrogens (tertiary/aromatic N) is 3. The molecule has 0 saturated heterocycles. The van der Waals surface area contributed by atoms with Gasteiger partial charge in [-0.2, -0.15) is 5.10 Å². The first-order valence-corrected chi connectivity index (χ1v) is 6.10. The molecule has 0 aliphatic rings. The molecule has 0 spiro atoms. The molecular formula is C12H24N4. The lowest BCUT2D eigenvalue weighted by Crippen LogP contribution is -2.30. The van der Waals surface area contributed by atoms with E-state index >= 15 is 0 Å². The summed E-state index contributed by atoms with van der Waals surface area (Å²) in [7, 11) is 2.02. The zero-order valence-electron chi connectivity index (χ0n) is 11.1. The SMILES string of the molecule is CNC(Cc1ncnn1C(C)C)CC(C)C. The Kier molecular flexibility index (Phi) is 4.93. The summed E-state index contributed by atoms with van der Waals surface area (Å²) in [6.45, 7) is 8.76. The van der Waals surface area contributed by atoms with Crippen LogP contribution in [-0.2, 0) is 6.42 Å². The summed E-state index contributed by atoms with van der Waals surface area (Å²) in [5, 5.41) is 7.62. The molecule has 0 bridgehead atoms. The molecule has 0 saturated carbocycles. The van der Waals surface area contributed by atoms with E-state index in [1.807, 2.05) is 11.7 Å². The minimum absolute atomic E-state index is 0.383. The van der Waals surface area contributed by atoms with Gasteiger partial charge in [0.05, 0.1) is 0 Å². The average Bonchev–Trinajstić information content (AvgIpc) is 2.64. The van der Waals surface area contributed by atoms with Crippen molar-refractivity contribution in [1.29, 1.82) is 0 Å². The van der Waals surface area contributed by atoms with Crippen molar-refractivity contribution in [2.45, 2.75) is 52.6 Å². The Bertz CT molecular complexity index is 304. The molecule has 1 heterocycles. The lowest BCUT2D eigenvalue weighted by Gasteiger charge is -2.19. The van der Waals surface area contributed by atoms with Crippen molar-refractivity contribution in [3.63, 3.8) is 0 Å². The highest BCUT2D eigenvalue weighted by atomic mass is 15.3. The summed E-state index contributed by atoms with van der Waals surface area (Å²) in [6.07, 6.45) is 3.77. The van der Waals surface area contributed by atoms with E-state index in [0.717, 1.165) is 12.2 Å². The van der Waals surface area contributed by atoms with E-state index in [2.05, 4.69) is 43.1 Å². The molecular weight excluding hydrogens is 200 g/mol. The van der Waals surface area contributed by atoms with Gasteiger partial charge in [-0.05, 0) is 33.2 Å². The van der Waals surface area contributed by atoms with Gasteiger partial charge in [-0.15, -0.1) is 0 Å². The molecule has 1 atom stereocenters. The number of rotatable bonds is 6. The van der Waals surface area contributed by atoms with Crippen molar-refractivity contribution in [2.75, 3.05) is 7.05 Å². The van der Waals surface area contributed by atoms with Gasteiger partial charge in [0, 0.05) is 18.5 Å². The molecule has 4 heteroatoms. The highest BCUT2D eigenvalue weighted by molar-refractivity contribution is 4.91. The fourth-order valence-electron chi connectivity index (χ4n) is 1.94. The average molecular weight is 224 g/mol. The molecule has 0 amide bonds. The Morgan fingerprint density at radius 3 is 2.50 bits per heavy atom. The van der Waals surface area contributed by atoms with Crippen molar-refractivity contribution >= 4 is 0 Å². The summed E-state index contributed by atoms with van der Waals surface area (Å²) in [6, 6.07) is 0.871. The van der Waals surface area contributed by atoms with Crippen LogP contribution in [0.1, 0.15) is 46.0 Å². The summed E-state index contributed by atoms with van der Waals surface area (Å²) < 4.78 is 2.00. The van der Waals surface area contributed by atoms with E-state index < -0.39 is 0 Å². The maximum atomic E-state index is 4.34. The third-order valence-corrected chi connectivity index (χ3v) is 2.73. The van der Waals surface area contributed by atoms with E-state index in [1.54, 1.807) is 6.33 Å². The standard InChI is InChI=1S/C12H24N4/c1-9(2)6-11(13-5)7-12-14-8-15-16(12)10(3)4/h8-11,13H,6-7H2,1-5H3. The Hall–Kier alpha value is -0.900. The molecule has 0 aromatic carbocycles. The van der Waals surface area contributed by atoms with Crippen molar-refractivity contribution in [2.24, 2.45) is 5.92 Å². The largest absolute Gasteiger partial charge is 0.317 e. The molecule has 0 radical (unpaired) electrons. The molecule has 1 aromatic rings. The van der Waals surface area contributed by atoms with Crippen LogP contribution in [0.4, 0.5) is 0 Å². The van der Waals surface area contributed by atoms with E-state index in [1.165, 1.54) is 6.42 Å². The number of aromatic nitrogens is 3. The van der Waals surface area contributed by atoms with Crippen molar-refractivity contribution in [3.8, 4) is 0 Å². The molecule has 16 heavy (non-hydrogen) atoms. The first-order chi connectivity index (χ1) is 7.54. The van der Waals surface area contributed by atoms with Crippen LogP contribution >= 0.6 is 0 Å². The van der Waals surface area contributed by atoms with Crippen LogP contribution in [0.25, 0.3) is 0 Å². The minimum Gasteiger partial charge on any atom is -0.317 e.